The molecule has 116 valence electrons. The minimum atomic E-state index is -0.904. The molecule has 0 bridgehead atoms. The first kappa shape index (κ1) is 17.1. The average molecular weight is 304 g/mol. The van der Waals surface area contributed by atoms with Crippen LogP contribution in [0.15, 0.2) is 0 Å². The summed E-state index contributed by atoms with van der Waals surface area (Å²) >= 11 is 1.66. The van der Waals surface area contributed by atoms with E-state index in [1.807, 2.05) is 20.1 Å². The van der Waals surface area contributed by atoms with Gasteiger partial charge in [0.1, 0.15) is 5.92 Å². The third-order valence-electron chi connectivity index (χ3n) is 3.28. The molecule has 0 aromatic heterocycles. The molecule has 1 aliphatic rings. The van der Waals surface area contributed by atoms with Gasteiger partial charge in [0, 0.05) is 18.3 Å². The third kappa shape index (κ3) is 4.56. The first-order valence-electron chi connectivity index (χ1n) is 6.87. The van der Waals surface area contributed by atoms with Gasteiger partial charge in [-0.3, -0.25) is 4.79 Å². The Morgan fingerprint density at radius 2 is 2.20 bits per heavy atom. The van der Waals surface area contributed by atoms with E-state index >= 15 is 0 Å². The maximum absolute atomic E-state index is 12.3. The first-order chi connectivity index (χ1) is 9.51. The molecule has 0 aromatic rings. The Hall–Kier alpha value is -0.950. The average Bonchev–Trinajstić information content (AvgIpc) is 2.84. The number of carbonyl (C=O) groups excluding carboxylic acids is 1. The Balaban J connectivity index is 2.72. The summed E-state index contributed by atoms with van der Waals surface area (Å²) < 4.78 is 5.25. The van der Waals surface area contributed by atoms with Crippen molar-refractivity contribution in [3.63, 3.8) is 0 Å². The molecule has 1 saturated heterocycles. The Morgan fingerprint density at radius 3 is 2.75 bits per heavy atom. The number of aliphatic carboxylic acids is 1. The number of thioether (sulfide) groups is 1. The van der Waals surface area contributed by atoms with Gasteiger partial charge in [-0.1, -0.05) is 6.92 Å². The van der Waals surface area contributed by atoms with Crippen LogP contribution >= 0.6 is 11.8 Å². The maximum atomic E-state index is 12.3. The van der Waals surface area contributed by atoms with Crippen LogP contribution in [0, 0.1) is 5.92 Å². The summed E-state index contributed by atoms with van der Waals surface area (Å²) in [5, 5.41) is 12.1. The van der Waals surface area contributed by atoms with Gasteiger partial charge in [0.2, 0.25) is 0 Å². The van der Waals surface area contributed by atoms with Crippen molar-refractivity contribution in [2.75, 3.05) is 31.8 Å². The van der Waals surface area contributed by atoms with Gasteiger partial charge < -0.3 is 20.1 Å². The number of carboxylic acid groups (broad SMARTS) is 1. The van der Waals surface area contributed by atoms with Crippen LogP contribution < -0.4 is 5.32 Å². The van der Waals surface area contributed by atoms with Gasteiger partial charge in [-0.05, 0) is 19.6 Å². The van der Waals surface area contributed by atoms with Crippen molar-refractivity contribution in [3.8, 4) is 0 Å². The SMILES string of the molecule is CCCN(C(=O)NC(C)CSC)C1COCC1C(=O)O. The van der Waals surface area contributed by atoms with Gasteiger partial charge in [0.25, 0.3) is 0 Å². The van der Waals surface area contributed by atoms with Crippen molar-refractivity contribution in [3.05, 3.63) is 0 Å². The molecule has 0 aliphatic carbocycles. The summed E-state index contributed by atoms with van der Waals surface area (Å²) in [6.07, 6.45) is 2.77. The lowest BCUT2D eigenvalue weighted by Crippen LogP contribution is -2.52. The zero-order chi connectivity index (χ0) is 15.1. The Morgan fingerprint density at radius 1 is 1.50 bits per heavy atom. The summed E-state index contributed by atoms with van der Waals surface area (Å²) in [7, 11) is 0. The van der Waals surface area contributed by atoms with E-state index in [1.54, 1.807) is 16.7 Å². The van der Waals surface area contributed by atoms with E-state index in [1.165, 1.54) is 0 Å². The van der Waals surface area contributed by atoms with E-state index in [-0.39, 0.29) is 24.7 Å². The molecule has 20 heavy (non-hydrogen) atoms. The normalized spacial score (nSPS) is 23.4. The van der Waals surface area contributed by atoms with Crippen LogP contribution in [0.5, 0.6) is 0 Å². The van der Waals surface area contributed by atoms with Crippen molar-refractivity contribution in [2.24, 2.45) is 5.92 Å². The number of rotatable bonds is 7. The lowest BCUT2D eigenvalue weighted by Gasteiger charge is -2.31. The number of urea groups is 1. The highest BCUT2D eigenvalue weighted by atomic mass is 32.2. The minimum Gasteiger partial charge on any atom is -0.481 e. The van der Waals surface area contributed by atoms with Crippen molar-refractivity contribution in [2.45, 2.75) is 32.4 Å². The third-order valence-corrected chi connectivity index (χ3v) is 4.11. The lowest BCUT2D eigenvalue weighted by molar-refractivity contribution is -0.142. The molecule has 3 unspecified atom stereocenters. The molecule has 2 N–H and O–H groups in total. The molecule has 2 amide bonds. The Labute approximate surface area is 124 Å². The fourth-order valence-corrected chi connectivity index (χ4v) is 2.91. The van der Waals surface area contributed by atoms with E-state index in [4.69, 9.17) is 4.74 Å². The Kier molecular flexibility index (Phi) is 7.15. The zero-order valence-corrected chi connectivity index (χ0v) is 13.1. The second kappa shape index (κ2) is 8.36. The first-order valence-corrected chi connectivity index (χ1v) is 8.27. The van der Waals surface area contributed by atoms with E-state index in [0.29, 0.717) is 13.2 Å². The molecule has 0 aromatic carbocycles. The molecule has 1 rings (SSSR count). The topological polar surface area (TPSA) is 78.9 Å². The monoisotopic (exact) mass is 304 g/mol. The summed E-state index contributed by atoms with van der Waals surface area (Å²) in [5.41, 5.74) is 0. The molecule has 1 fully saturated rings. The quantitative estimate of drug-likeness (QED) is 0.740. The van der Waals surface area contributed by atoms with E-state index in [9.17, 15) is 14.7 Å². The number of hydrogen-bond donors (Lipinski definition) is 2. The maximum Gasteiger partial charge on any atom is 0.317 e. The van der Waals surface area contributed by atoms with Crippen LogP contribution in [-0.2, 0) is 9.53 Å². The van der Waals surface area contributed by atoms with Crippen molar-refractivity contribution in [1.29, 1.82) is 0 Å². The number of carboxylic acids is 1. The Bertz CT molecular complexity index is 340. The standard InChI is InChI=1S/C13H24N2O4S/c1-4-5-15(13(18)14-9(2)8-20-3)11-7-19-6-10(11)12(16)17/h9-11H,4-8H2,1-3H3,(H,14,18)(H,16,17). The van der Waals surface area contributed by atoms with Gasteiger partial charge in [-0.2, -0.15) is 11.8 Å². The number of amides is 2. The van der Waals surface area contributed by atoms with Crippen molar-refractivity contribution < 1.29 is 19.4 Å². The van der Waals surface area contributed by atoms with Gasteiger partial charge >= 0.3 is 12.0 Å². The fraction of sp³-hybridized carbons (Fsp3) is 0.846. The highest BCUT2D eigenvalue weighted by Crippen LogP contribution is 2.20. The summed E-state index contributed by atoms with van der Waals surface area (Å²) in [4.78, 5) is 25.2. The van der Waals surface area contributed by atoms with Crippen molar-refractivity contribution in [1.82, 2.24) is 10.2 Å². The van der Waals surface area contributed by atoms with Gasteiger partial charge in [-0.25, -0.2) is 4.79 Å². The molecule has 6 nitrogen and oxygen atoms in total. The largest absolute Gasteiger partial charge is 0.481 e. The minimum absolute atomic E-state index is 0.0578. The van der Waals surface area contributed by atoms with E-state index < -0.39 is 11.9 Å². The van der Waals surface area contributed by atoms with Gasteiger partial charge in [-0.15, -0.1) is 0 Å². The molecular weight excluding hydrogens is 280 g/mol. The van der Waals surface area contributed by atoms with Crippen LogP contribution in [0.2, 0.25) is 0 Å². The molecule has 7 heteroatoms. The van der Waals surface area contributed by atoms with E-state index in [0.717, 1.165) is 12.2 Å². The fourth-order valence-electron chi connectivity index (χ4n) is 2.33. The number of carbonyl (C=O) groups is 2. The van der Waals surface area contributed by atoms with Crippen molar-refractivity contribution >= 4 is 23.8 Å². The number of nitrogens with zero attached hydrogens (tertiary/aromatic N) is 1. The summed E-state index contributed by atoms with van der Waals surface area (Å²) in [6, 6.07) is -0.522. The smallest absolute Gasteiger partial charge is 0.317 e. The predicted octanol–water partition coefficient (Wildman–Crippen LogP) is 1.26. The molecule has 0 radical (unpaired) electrons. The highest BCUT2D eigenvalue weighted by molar-refractivity contribution is 7.98. The second-order valence-electron chi connectivity index (χ2n) is 5.05. The zero-order valence-electron chi connectivity index (χ0n) is 12.3. The molecule has 1 heterocycles. The van der Waals surface area contributed by atoms with Crippen LogP contribution in [0.1, 0.15) is 20.3 Å². The highest BCUT2D eigenvalue weighted by Gasteiger charge is 2.39. The van der Waals surface area contributed by atoms with Gasteiger partial charge in [0.05, 0.1) is 19.3 Å². The lowest BCUT2D eigenvalue weighted by atomic mass is 10.0. The summed E-state index contributed by atoms with van der Waals surface area (Å²) in [6.45, 7) is 4.92. The van der Waals surface area contributed by atoms with Crippen LogP contribution in [0.25, 0.3) is 0 Å². The van der Waals surface area contributed by atoms with Crippen LogP contribution in [-0.4, -0.2) is 65.9 Å². The molecule has 1 aliphatic heterocycles. The molecule has 0 spiro atoms. The number of nitrogens with one attached hydrogen (secondary N) is 1. The van der Waals surface area contributed by atoms with Gasteiger partial charge in [0.15, 0.2) is 0 Å². The summed E-state index contributed by atoms with van der Waals surface area (Å²) in [5.74, 6) is -0.711. The molecular formula is C13H24N2O4S. The number of ether oxygens (including phenoxy) is 1. The molecule has 0 saturated carbocycles. The van der Waals surface area contributed by atoms with E-state index in [2.05, 4.69) is 5.32 Å². The number of hydrogen-bond acceptors (Lipinski definition) is 4. The predicted molar refractivity (Wildman–Crippen MR) is 79.1 cm³/mol. The van der Waals surface area contributed by atoms with Crippen LogP contribution in [0.4, 0.5) is 4.79 Å². The van der Waals surface area contributed by atoms with Crippen LogP contribution in [0.3, 0.4) is 0 Å². The molecule has 3 atom stereocenters. The second-order valence-corrected chi connectivity index (χ2v) is 5.96.